The van der Waals surface area contributed by atoms with Crippen LogP contribution in [-0.4, -0.2) is 52.6 Å². The number of rotatable bonds is 8. The second-order valence-corrected chi connectivity index (χ2v) is 7.80. The minimum absolute atomic E-state index is 0.0629. The van der Waals surface area contributed by atoms with Crippen LogP contribution in [0.1, 0.15) is 19.9 Å². The van der Waals surface area contributed by atoms with Crippen molar-refractivity contribution in [2.75, 3.05) is 37.0 Å². The van der Waals surface area contributed by atoms with Gasteiger partial charge < -0.3 is 15.4 Å². The molecule has 2 amide bonds. The molecule has 1 atom stereocenters. The molecule has 1 fully saturated rings. The molecule has 1 aliphatic rings. The summed E-state index contributed by atoms with van der Waals surface area (Å²) in [6.45, 7) is 6.23. The van der Waals surface area contributed by atoms with Crippen LogP contribution in [0.2, 0.25) is 0 Å². The van der Waals surface area contributed by atoms with Crippen molar-refractivity contribution >= 4 is 23.4 Å². The molecule has 0 bridgehead atoms. The highest BCUT2D eigenvalue weighted by Gasteiger charge is 2.21. The molecule has 3 aromatic rings. The first kappa shape index (κ1) is 20.8. The highest BCUT2D eigenvalue weighted by atomic mass is 16.5. The van der Waals surface area contributed by atoms with Crippen LogP contribution in [-0.2, 0) is 4.74 Å². The molecule has 1 aliphatic heterocycles. The maximum Gasteiger partial charge on any atom is 0.321 e. The van der Waals surface area contributed by atoms with Crippen LogP contribution in [0, 0.1) is 5.92 Å². The number of nitrogens with one attached hydrogen (secondary N) is 2. The topological polar surface area (TPSA) is 97.2 Å². The molecule has 2 aromatic heterocycles. The summed E-state index contributed by atoms with van der Waals surface area (Å²) in [5, 5.41) is 10.5. The first-order valence-electron chi connectivity index (χ1n) is 10.3. The van der Waals surface area contributed by atoms with Gasteiger partial charge in [-0.05, 0) is 24.1 Å². The Balaban J connectivity index is 1.48. The molecule has 9 heteroatoms. The second-order valence-electron chi connectivity index (χ2n) is 7.80. The zero-order valence-electron chi connectivity index (χ0n) is 17.9. The van der Waals surface area contributed by atoms with Gasteiger partial charge in [0.25, 0.3) is 0 Å². The van der Waals surface area contributed by atoms with E-state index < -0.39 is 0 Å². The fraction of sp³-hybridized carbons (Fsp3) is 0.364. The highest BCUT2D eigenvalue weighted by Crippen LogP contribution is 2.25. The summed E-state index contributed by atoms with van der Waals surface area (Å²) >= 11 is 0. The average Bonchev–Trinajstić information content (AvgIpc) is 3.41. The lowest BCUT2D eigenvalue weighted by atomic mass is 10.1. The molecule has 0 spiro atoms. The van der Waals surface area contributed by atoms with E-state index in [-0.39, 0.29) is 12.1 Å². The van der Waals surface area contributed by atoms with Crippen molar-refractivity contribution in [2.24, 2.45) is 5.92 Å². The lowest BCUT2D eigenvalue weighted by Crippen LogP contribution is -2.27. The smallest absolute Gasteiger partial charge is 0.321 e. The summed E-state index contributed by atoms with van der Waals surface area (Å²) in [4.78, 5) is 22.5. The SMILES string of the molecule is COCC(C(C)C)n1cc(Nc2nccc(-c3ccc(N4CCNC4=O)cc3)n2)cn1. The van der Waals surface area contributed by atoms with E-state index in [4.69, 9.17) is 4.74 Å². The Morgan fingerprint density at radius 1 is 1.23 bits per heavy atom. The van der Waals surface area contributed by atoms with Crippen molar-refractivity contribution in [3.63, 3.8) is 0 Å². The minimum Gasteiger partial charge on any atom is -0.382 e. The Morgan fingerprint density at radius 2 is 2.03 bits per heavy atom. The minimum atomic E-state index is -0.0629. The van der Waals surface area contributed by atoms with Crippen molar-refractivity contribution in [3.8, 4) is 11.3 Å². The van der Waals surface area contributed by atoms with E-state index in [1.165, 1.54) is 0 Å². The van der Waals surface area contributed by atoms with E-state index in [9.17, 15) is 4.79 Å². The Hall–Kier alpha value is -3.46. The second kappa shape index (κ2) is 9.13. The van der Waals surface area contributed by atoms with Gasteiger partial charge in [-0.25, -0.2) is 14.8 Å². The Morgan fingerprint density at radius 3 is 2.71 bits per heavy atom. The Labute approximate surface area is 181 Å². The van der Waals surface area contributed by atoms with Crippen LogP contribution in [0.5, 0.6) is 0 Å². The van der Waals surface area contributed by atoms with Crippen LogP contribution in [0.15, 0.2) is 48.9 Å². The molecule has 4 rings (SSSR count). The molecule has 0 aliphatic carbocycles. The van der Waals surface area contributed by atoms with Gasteiger partial charge in [0.05, 0.1) is 30.2 Å². The molecule has 1 aromatic carbocycles. The molecule has 2 N–H and O–H groups in total. The first-order chi connectivity index (χ1) is 15.0. The maximum atomic E-state index is 11.8. The average molecular weight is 422 g/mol. The Kier molecular flexibility index (Phi) is 6.13. The number of amides is 2. The monoisotopic (exact) mass is 421 g/mol. The summed E-state index contributed by atoms with van der Waals surface area (Å²) in [5.74, 6) is 0.884. The largest absolute Gasteiger partial charge is 0.382 e. The maximum absolute atomic E-state index is 11.8. The van der Waals surface area contributed by atoms with Crippen molar-refractivity contribution in [2.45, 2.75) is 19.9 Å². The number of nitrogens with zero attached hydrogens (tertiary/aromatic N) is 5. The summed E-state index contributed by atoms with van der Waals surface area (Å²) < 4.78 is 7.24. The zero-order valence-corrected chi connectivity index (χ0v) is 17.9. The number of benzene rings is 1. The van der Waals surface area contributed by atoms with Crippen molar-refractivity contribution in [1.82, 2.24) is 25.1 Å². The number of carbonyl (C=O) groups excluding carboxylic acids is 1. The molecular weight excluding hydrogens is 394 g/mol. The number of hydrogen-bond donors (Lipinski definition) is 2. The van der Waals surface area contributed by atoms with Gasteiger partial charge in [-0.1, -0.05) is 26.0 Å². The predicted molar refractivity (Wildman–Crippen MR) is 119 cm³/mol. The molecule has 31 heavy (non-hydrogen) atoms. The van der Waals surface area contributed by atoms with E-state index in [0.29, 0.717) is 31.6 Å². The highest BCUT2D eigenvalue weighted by molar-refractivity contribution is 5.94. The van der Waals surface area contributed by atoms with Crippen molar-refractivity contribution in [1.29, 1.82) is 0 Å². The van der Waals surface area contributed by atoms with Gasteiger partial charge in [0.1, 0.15) is 0 Å². The van der Waals surface area contributed by atoms with Crippen LogP contribution in [0.3, 0.4) is 0 Å². The van der Waals surface area contributed by atoms with Gasteiger partial charge >= 0.3 is 6.03 Å². The molecule has 1 unspecified atom stereocenters. The quantitative estimate of drug-likeness (QED) is 0.578. The van der Waals surface area contributed by atoms with Crippen molar-refractivity contribution < 1.29 is 9.53 Å². The van der Waals surface area contributed by atoms with Crippen LogP contribution < -0.4 is 15.5 Å². The molecule has 1 saturated heterocycles. The zero-order chi connectivity index (χ0) is 21.8. The number of aromatic nitrogens is 4. The van der Waals surface area contributed by atoms with Gasteiger partial charge in [-0.3, -0.25) is 9.58 Å². The van der Waals surface area contributed by atoms with Crippen LogP contribution >= 0.6 is 0 Å². The third-order valence-electron chi connectivity index (χ3n) is 5.29. The number of ether oxygens (including phenoxy) is 1. The fourth-order valence-electron chi connectivity index (χ4n) is 3.57. The van der Waals surface area contributed by atoms with E-state index in [1.54, 1.807) is 24.4 Å². The Bertz CT molecular complexity index is 1030. The summed E-state index contributed by atoms with van der Waals surface area (Å²) in [5.41, 5.74) is 3.43. The predicted octanol–water partition coefficient (Wildman–Crippen LogP) is 3.46. The molecular formula is C22H27N7O2. The lowest BCUT2D eigenvalue weighted by molar-refractivity contribution is 0.126. The number of methoxy groups -OCH3 is 1. The number of hydrogen-bond acceptors (Lipinski definition) is 6. The molecule has 0 radical (unpaired) electrons. The standard InChI is InChI=1S/C22H27N7O2/c1-15(2)20(14-31-3)29-13-17(12-25-29)26-21-23-9-8-19(27-21)16-4-6-18(7-5-16)28-11-10-24-22(28)30/h4-9,12-13,15,20H,10-11,14H2,1-3H3,(H,24,30)(H,23,26,27). The molecule has 3 heterocycles. The molecule has 162 valence electrons. The van der Waals surface area contributed by atoms with Gasteiger partial charge in [0, 0.05) is 43.8 Å². The van der Waals surface area contributed by atoms with Gasteiger partial charge in [-0.15, -0.1) is 0 Å². The number of urea groups is 1. The van der Waals surface area contributed by atoms with Gasteiger partial charge in [-0.2, -0.15) is 5.10 Å². The molecule has 0 saturated carbocycles. The van der Waals surface area contributed by atoms with E-state index in [2.05, 4.69) is 39.5 Å². The number of anilines is 3. The van der Waals surface area contributed by atoms with Crippen molar-refractivity contribution in [3.05, 3.63) is 48.9 Å². The first-order valence-corrected chi connectivity index (χ1v) is 10.3. The number of carbonyl (C=O) groups is 1. The normalized spacial score (nSPS) is 14.7. The third kappa shape index (κ3) is 4.66. The van der Waals surface area contributed by atoms with Gasteiger partial charge in [0.15, 0.2) is 0 Å². The third-order valence-corrected chi connectivity index (χ3v) is 5.29. The van der Waals surface area contributed by atoms with Crippen LogP contribution in [0.4, 0.5) is 22.1 Å². The van der Waals surface area contributed by atoms with E-state index in [0.717, 1.165) is 22.6 Å². The van der Waals surface area contributed by atoms with Crippen LogP contribution in [0.25, 0.3) is 11.3 Å². The van der Waals surface area contributed by atoms with E-state index in [1.807, 2.05) is 41.2 Å². The van der Waals surface area contributed by atoms with E-state index >= 15 is 0 Å². The fourth-order valence-corrected chi connectivity index (χ4v) is 3.57. The summed E-state index contributed by atoms with van der Waals surface area (Å²) in [6, 6.07) is 9.74. The van der Waals surface area contributed by atoms with Gasteiger partial charge in [0.2, 0.25) is 5.95 Å². The summed E-state index contributed by atoms with van der Waals surface area (Å²) in [6.07, 6.45) is 5.42. The lowest BCUT2D eigenvalue weighted by Gasteiger charge is -2.20. The molecule has 9 nitrogen and oxygen atoms in total. The summed E-state index contributed by atoms with van der Waals surface area (Å²) in [7, 11) is 1.70.